The van der Waals surface area contributed by atoms with E-state index in [2.05, 4.69) is 29.6 Å². The van der Waals surface area contributed by atoms with Crippen LogP contribution in [0.3, 0.4) is 0 Å². The molecule has 1 saturated carbocycles. The van der Waals surface area contributed by atoms with E-state index >= 15 is 0 Å². The van der Waals surface area contributed by atoms with Crippen LogP contribution < -0.4 is 5.32 Å². The van der Waals surface area contributed by atoms with Crippen LogP contribution >= 0.6 is 0 Å². The van der Waals surface area contributed by atoms with Crippen LogP contribution in [0.25, 0.3) is 10.8 Å². The number of carbonyl (C=O) groups is 2. The van der Waals surface area contributed by atoms with E-state index in [9.17, 15) is 9.59 Å². The molecule has 3 aliphatic rings. The number of esters is 1. The Kier molecular flexibility index (Phi) is 5.39. The lowest BCUT2D eigenvalue weighted by atomic mass is 9.74. The molecule has 0 saturated heterocycles. The van der Waals surface area contributed by atoms with Crippen LogP contribution in [0.2, 0.25) is 0 Å². The summed E-state index contributed by atoms with van der Waals surface area (Å²) in [6, 6.07) is 14.4. The van der Waals surface area contributed by atoms with Crippen molar-refractivity contribution in [1.82, 2.24) is 5.32 Å². The molecule has 0 amide bonds. The maximum Gasteiger partial charge on any atom is 0.337 e. The number of hydrogen-bond donors (Lipinski definition) is 1. The minimum absolute atomic E-state index is 0.0212. The molecule has 1 unspecified atom stereocenters. The number of benzene rings is 2. The molecule has 2 aromatic rings. The highest BCUT2D eigenvalue weighted by Gasteiger charge is 2.40. The quantitative estimate of drug-likeness (QED) is 0.655. The zero-order chi connectivity index (χ0) is 21.4. The molecule has 160 valence electrons. The van der Waals surface area contributed by atoms with E-state index in [0.29, 0.717) is 12.0 Å². The van der Waals surface area contributed by atoms with Crippen LogP contribution in [0, 0.1) is 0 Å². The van der Waals surface area contributed by atoms with Gasteiger partial charge in [-0.15, -0.1) is 0 Å². The summed E-state index contributed by atoms with van der Waals surface area (Å²) in [5.41, 5.74) is 4.14. The highest BCUT2D eigenvalue weighted by atomic mass is 16.5. The number of carbonyl (C=O) groups excluding carboxylic acids is 2. The maximum absolute atomic E-state index is 13.5. The number of allylic oxidation sites excluding steroid dienone is 3. The van der Waals surface area contributed by atoms with Crippen LogP contribution in [0.15, 0.2) is 65.0 Å². The van der Waals surface area contributed by atoms with Gasteiger partial charge in [-0.1, -0.05) is 48.9 Å². The molecule has 31 heavy (non-hydrogen) atoms. The van der Waals surface area contributed by atoms with Crippen LogP contribution in [-0.4, -0.2) is 17.9 Å². The number of nitrogens with one attached hydrogen (secondary N) is 1. The third-order valence-corrected chi connectivity index (χ3v) is 6.96. The van der Waals surface area contributed by atoms with E-state index in [-0.39, 0.29) is 23.8 Å². The molecule has 0 aromatic heterocycles. The molecule has 4 heteroatoms. The number of rotatable bonds is 3. The predicted molar refractivity (Wildman–Crippen MR) is 121 cm³/mol. The summed E-state index contributed by atoms with van der Waals surface area (Å²) in [6.07, 6.45) is 7.48. The highest BCUT2D eigenvalue weighted by molar-refractivity contribution is 6.05. The lowest BCUT2D eigenvalue weighted by Gasteiger charge is -2.35. The molecule has 0 radical (unpaired) electrons. The van der Waals surface area contributed by atoms with E-state index in [1.54, 1.807) is 0 Å². The molecule has 1 fully saturated rings. The van der Waals surface area contributed by atoms with Gasteiger partial charge in [0.25, 0.3) is 0 Å². The first-order chi connectivity index (χ1) is 15.1. The van der Waals surface area contributed by atoms with Crippen molar-refractivity contribution in [3.63, 3.8) is 0 Å². The second kappa shape index (κ2) is 8.33. The van der Waals surface area contributed by atoms with Crippen molar-refractivity contribution in [3.8, 4) is 0 Å². The summed E-state index contributed by atoms with van der Waals surface area (Å²) < 4.78 is 6.01. The number of fused-ring (bicyclic) bond motifs is 1. The summed E-state index contributed by atoms with van der Waals surface area (Å²) in [6.45, 7) is 1.94. The Morgan fingerprint density at radius 2 is 1.74 bits per heavy atom. The van der Waals surface area contributed by atoms with Gasteiger partial charge in [0.15, 0.2) is 5.78 Å². The highest BCUT2D eigenvalue weighted by Crippen LogP contribution is 2.44. The summed E-state index contributed by atoms with van der Waals surface area (Å²) in [5.74, 6) is -0.520. The third kappa shape index (κ3) is 3.69. The zero-order valence-electron chi connectivity index (χ0n) is 18.1. The van der Waals surface area contributed by atoms with E-state index in [0.717, 1.165) is 71.8 Å². The molecule has 4 nitrogen and oxygen atoms in total. The Morgan fingerprint density at radius 3 is 2.58 bits per heavy atom. The number of ether oxygens (including phenoxy) is 1. The number of dihydropyridines is 1. The number of hydrogen-bond acceptors (Lipinski definition) is 4. The fourth-order valence-electron chi connectivity index (χ4n) is 5.46. The lowest BCUT2D eigenvalue weighted by molar-refractivity contribution is -0.146. The summed E-state index contributed by atoms with van der Waals surface area (Å²) >= 11 is 0. The average Bonchev–Trinajstić information content (AvgIpc) is 2.78. The van der Waals surface area contributed by atoms with Gasteiger partial charge in [-0.3, -0.25) is 4.79 Å². The molecule has 0 bridgehead atoms. The van der Waals surface area contributed by atoms with Gasteiger partial charge in [-0.25, -0.2) is 4.79 Å². The Balaban J connectivity index is 1.63. The van der Waals surface area contributed by atoms with Crippen LogP contribution in [0.1, 0.15) is 69.8 Å². The van der Waals surface area contributed by atoms with Crippen LogP contribution in [0.4, 0.5) is 0 Å². The summed E-state index contributed by atoms with van der Waals surface area (Å²) in [5, 5.41) is 5.60. The first-order valence-corrected chi connectivity index (χ1v) is 11.6. The molecule has 0 spiro atoms. The van der Waals surface area contributed by atoms with E-state index < -0.39 is 0 Å². The molecule has 1 aliphatic heterocycles. The van der Waals surface area contributed by atoms with Gasteiger partial charge < -0.3 is 10.1 Å². The normalized spacial score (nSPS) is 22.4. The van der Waals surface area contributed by atoms with Crippen molar-refractivity contribution in [3.05, 3.63) is 70.6 Å². The monoisotopic (exact) mass is 415 g/mol. The molecule has 2 aliphatic carbocycles. The largest absolute Gasteiger partial charge is 0.459 e. The first kappa shape index (κ1) is 20.0. The van der Waals surface area contributed by atoms with E-state index in [1.165, 1.54) is 6.42 Å². The minimum Gasteiger partial charge on any atom is -0.459 e. The zero-order valence-corrected chi connectivity index (χ0v) is 18.1. The maximum atomic E-state index is 13.5. The minimum atomic E-state index is -0.383. The Bertz CT molecular complexity index is 1100. The van der Waals surface area contributed by atoms with Crippen LogP contribution in [-0.2, 0) is 14.3 Å². The van der Waals surface area contributed by atoms with Crippen molar-refractivity contribution in [2.75, 3.05) is 0 Å². The van der Waals surface area contributed by atoms with Crippen molar-refractivity contribution in [2.45, 2.75) is 70.3 Å². The summed E-state index contributed by atoms with van der Waals surface area (Å²) in [7, 11) is 0. The molecule has 2 aromatic carbocycles. The SMILES string of the molecule is CC1=C(C(=O)OC2CCCCC2)C(c2cccc3ccccc23)C2=C(CCCC2=O)N1. The molecular formula is C27H29NO3. The Labute approximate surface area is 183 Å². The van der Waals surface area contributed by atoms with Gasteiger partial charge in [-0.05, 0) is 61.8 Å². The third-order valence-electron chi connectivity index (χ3n) is 6.96. The van der Waals surface area contributed by atoms with Crippen molar-refractivity contribution in [2.24, 2.45) is 0 Å². The van der Waals surface area contributed by atoms with Gasteiger partial charge in [0.1, 0.15) is 6.10 Å². The van der Waals surface area contributed by atoms with Gasteiger partial charge in [-0.2, -0.15) is 0 Å². The fraction of sp³-hybridized carbons (Fsp3) is 0.407. The molecule has 1 atom stereocenters. The second-order valence-electron chi connectivity index (χ2n) is 9.00. The lowest BCUT2D eigenvalue weighted by Crippen LogP contribution is -2.35. The van der Waals surface area contributed by atoms with Crippen LogP contribution in [0.5, 0.6) is 0 Å². The van der Waals surface area contributed by atoms with E-state index in [1.807, 2.05) is 25.1 Å². The van der Waals surface area contributed by atoms with Gasteiger partial charge in [0, 0.05) is 29.3 Å². The number of Topliss-reactive ketones (excluding diaryl/α,β-unsaturated/α-hetero) is 1. The second-order valence-corrected chi connectivity index (χ2v) is 9.00. The molecule has 5 rings (SSSR count). The topological polar surface area (TPSA) is 55.4 Å². The van der Waals surface area contributed by atoms with Gasteiger partial charge in [0.05, 0.1) is 5.57 Å². The standard InChI is InChI=1S/C27H29NO3/c1-17-24(27(30)31-19-11-3-2-4-12-19)25(26-22(28-17)15-8-16-23(26)29)21-14-7-10-18-9-5-6-13-20(18)21/h5-7,9-10,13-14,19,25,28H,2-4,8,11-12,15-16H2,1H3. The van der Waals surface area contributed by atoms with E-state index in [4.69, 9.17) is 4.74 Å². The smallest absolute Gasteiger partial charge is 0.337 e. The molecule has 1 N–H and O–H groups in total. The van der Waals surface area contributed by atoms with Crippen molar-refractivity contribution >= 4 is 22.5 Å². The van der Waals surface area contributed by atoms with Gasteiger partial charge in [0.2, 0.25) is 0 Å². The Hall–Kier alpha value is -2.88. The average molecular weight is 416 g/mol. The summed E-state index contributed by atoms with van der Waals surface area (Å²) in [4.78, 5) is 26.7. The Morgan fingerprint density at radius 1 is 0.968 bits per heavy atom. The molecular weight excluding hydrogens is 386 g/mol. The fourth-order valence-corrected chi connectivity index (χ4v) is 5.46. The van der Waals surface area contributed by atoms with Gasteiger partial charge >= 0.3 is 5.97 Å². The first-order valence-electron chi connectivity index (χ1n) is 11.6. The number of ketones is 1. The predicted octanol–water partition coefficient (Wildman–Crippen LogP) is 5.68. The van der Waals surface area contributed by atoms with Crippen molar-refractivity contribution < 1.29 is 14.3 Å². The molecule has 1 heterocycles. The van der Waals surface area contributed by atoms with Crippen molar-refractivity contribution in [1.29, 1.82) is 0 Å².